The van der Waals surface area contributed by atoms with Gasteiger partial charge in [-0.15, -0.1) is 11.3 Å². The van der Waals surface area contributed by atoms with E-state index in [1.165, 1.54) is 10.4 Å². The number of hydrogen-bond acceptors (Lipinski definition) is 3. The van der Waals surface area contributed by atoms with Gasteiger partial charge in [-0.2, -0.15) is 0 Å². The van der Waals surface area contributed by atoms with E-state index >= 15 is 0 Å². The molecule has 0 radical (unpaired) electrons. The minimum atomic E-state index is 0.200. The van der Waals surface area contributed by atoms with Gasteiger partial charge in [-0.05, 0) is 31.7 Å². The molecule has 1 heterocycles. The Kier molecular flexibility index (Phi) is 4.28. The Labute approximate surface area is 112 Å². The standard InChI is InChI=1S/C15H17NOS/c1-12-8-9-15(18-12)14(17)11-16(2)10-13-6-4-3-5-7-13/h3-9H,10-11H2,1-2H3. The normalized spacial score (nSPS) is 10.8. The molecule has 3 heteroatoms. The van der Waals surface area contributed by atoms with Crippen LogP contribution in [0.2, 0.25) is 0 Å². The molecule has 0 aliphatic carbocycles. The second-order valence-corrected chi connectivity index (χ2v) is 5.78. The Hall–Kier alpha value is -1.45. The molecule has 0 aliphatic heterocycles. The van der Waals surface area contributed by atoms with E-state index in [2.05, 4.69) is 12.1 Å². The van der Waals surface area contributed by atoms with E-state index < -0.39 is 0 Å². The van der Waals surface area contributed by atoms with Crippen molar-refractivity contribution in [3.63, 3.8) is 0 Å². The SMILES string of the molecule is Cc1ccc(C(=O)CN(C)Cc2ccccc2)s1. The number of benzene rings is 1. The average molecular weight is 259 g/mol. The number of thiophene rings is 1. The van der Waals surface area contributed by atoms with Gasteiger partial charge >= 0.3 is 0 Å². The summed E-state index contributed by atoms with van der Waals surface area (Å²) in [5.41, 5.74) is 1.23. The van der Waals surface area contributed by atoms with E-state index in [1.807, 2.05) is 49.2 Å². The van der Waals surface area contributed by atoms with E-state index in [4.69, 9.17) is 0 Å². The maximum Gasteiger partial charge on any atom is 0.186 e. The van der Waals surface area contributed by atoms with E-state index in [0.29, 0.717) is 6.54 Å². The number of carbonyl (C=O) groups excluding carboxylic acids is 1. The molecular weight excluding hydrogens is 242 g/mol. The predicted molar refractivity (Wildman–Crippen MR) is 76.2 cm³/mol. The van der Waals surface area contributed by atoms with Crippen molar-refractivity contribution in [1.29, 1.82) is 0 Å². The molecule has 1 aromatic carbocycles. The summed E-state index contributed by atoms with van der Waals surface area (Å²) in [5, 5.41) is 0. The average Bonchev–Trinajstić information content (AvgIpc) is 2.77. The van der Waals surface area contributed by atoms with Crippen LogP contribution in [0.4, 0.5) is 0 Å². The summed E-state index contributed by atoms with van der Waals surface area (Å²) in [7, 11) is 1.98. The Morgan fingerprint density at radius 1 is 1.17 bits per heavy atom. The third-order valence-electron chi connectivity index (χ3n) is 2.72. The number of likely N-dealkylation sites (N-methyl/N-ethyl adjacent to an activating group) is 1. The second-order valence-electron chi connectivity index (χ2n) is 4.49. The maximum absolute atomic E-state index is 12.0. The highest BCUT2D eigenvalue weighted by Gasteiger charge is 2.11. The lowest BCUT2D eigenvalue weighted by molar-refractivity contribution is 0.0947. The Morgan fingerprint density at radius 2 is 1.89 bits per heavy atom. The molecule has 1 aromatic heterocycles. The van der Waals surface area contributed by atoms with Crippen LogP contribution >= 0.6 is 11.3 Å². The number of carbonyl (C=O) groups is 1. The summed E-state index contributed by atoms with van der Waals surface area (Å²) in [6, 6.07) is 14.1. The number of nitrogens with zero attached hydrogens (tertiary/aromatic N) is 1. The first-order valence-electron chi connectivity index (χ1n) is 5.97. The number of aryl methyl sites for hydroxylation is 1. The van der Waals surface area contributed by atoms with Crippen molar-refractivity contribution in [2.75, 3.05) is 13.6 Å². The van der Waals surface area contributed by atoms with Crippen LogP contribution in [0, 0.1) is 6.92 Å². The Morgan fingerprint density at radius 3 is 2.50 bits per heavy atom. The molecule has 0 aliphatic rings. The van der Waals surface area contributed by atoms with Gasteiger partial charge in [-0.25, -0.2) is 0 Å². The Bertz CT molecular complexity index is 518. The lowest BCUT2D eigenvalue weighted by Gasteiger charge is -2.15. The largest absolute Gasteiger partial charge is 0.295 e. The first-order valence-corrected chi connectivity index (χ1v) is 6.79. The van der Waals surface area contributed by atoms with Crippen LogP contribution in [0.1, 0.15) is 20.1 Å². The zero-order valence-corrected chi connectivity index (χ0v) is 11.5. The van der Waals surface area contributed by atoms with Crippen LogP contribution < -0.4 is 0 Å². The van der Waals surface area contributed by atoms with Crippen molar-refractivity contribution in [3.8, 4) is 0 Å². The molecule has 0 N–H and O–H groups in total. The summed E-state index contributed by atoms with van der Waals surface area (Å²) in [4.78, 5) is 16.1. The van der Waals surface area contributed by atoms with Crippen LogP contribution in [0.5, 0.6) is 0 Å². The van der Waals surface area contributed by atoms with Crippen LogP contribution in [0.3, 0.4) is 0 Å². The summed E-state index contributed by atoms with van der Waals surface area (Å²) in [5.74, 6) is 0.200. The molecule has 0 fully saturated rings. The number of hydrogen-bond donors (Lipinski definition) is 0. The number of rotatable bonds is 5. The summed E-state index contributed by atoms with van der Waals surface area (Å²) >= 11 is 1.57. The van der Waals surface area contributed by atoms with Gasteiger partial charge < -0.3 is 0 Å². The zero-order chi connectivity index (χ0) is 13.0. The molecule has 0 amide bonds. The minimum Gasteiger partial charge on any atom is -0.295 e. The molecule has 2 aromatic rings. The number of Topliss-reactive ketones (excluding diaryl/α,β-unsaturated/α-hetero) is 1. The van der Waals surface area contributed by atoms with Crippen molar-refractivity contribution in [2.45, 2.75) is 13.5 Å². The quantitative estimate of drug-likeness (QED) is 0.767. The molecule has 2 rings (SSSR count). The molecule has 2 nitrogen and oxygen atoms in total. The highest BCUT2D eigenvalue weighted by atomic mass is 32.1. The molecule has 0 saturated heterocycles. The molecule has 0 saturated carbocycles. The minimum absolute atomic E-state index is 0.200. The van der Waals surface area contributed by atoms with Gasteiger partial charge in [0.15, 0.2) is 5.78 Å². The topological polar surface area (TPSA) is 20.3 Å². The maximum atomic E-state index is 12.0. The third-order valence-corrected chi connectivity index (χ3v) is 3.77. The van der Waals surface area contributed by atoms with E-state index in [9.17, 15) is 4.79 Å². The van der Waals surface area contributed by atoms with Crippen molar-refractivity contribution in [2.24, 2.45) is 0 Å². The molecule has 94 valence electrons. The fraction of sp³-hybridized carbons (Fsp3) is 0.267. The fourth-order valence-corrected chi connectivity index (χ4v) is 2.66. The summed E-state index contributed by atoms with van der Waals surface area (Å²) in [6.45, 7) is 3.29. The zero-order valence-electron chi connectivity index (χ0n) is 10.7. The van der Waals surface area contributed by atoms with Gasteiger partial charge in [0.05, 0.1) is 11.4 Å². The van der Waals surface area contributed by atoms with Gasteiger partial charge in [0.2, 0.25) is 0 Å². The van der Waals surface area contributed by atoms with Crippen molar-refractivity contribution >= 4 is 17.1 Å². The summed E-state index contributed by atoms with van der Waals surface area (Å²) < 4.78 is 0. The van der Waals surface area contributed by atoms with Crippen molar-refractivity contribution < 1.29 is 4.79 Å². The highest BCUT2D eigenvalue weighted by Crippen LogP contribution is 2.16. The first-order chi connectivity index (χ1) is 8.65. The highest BCUT2D eigenvalue weighted by molar-refractivity contribution is 7.14. The van der Waals surface area contributed by atoms with Crippen LogP contribution in [-0.2, 0) is 6.54 Å². The van der Waals surface area contributed by atoms with Crippen molar-refractivity contribution in [3.05, 3.63) is 57.8 Å². The second kappa shape index (κ2) is 5.94. The number of ketones is 1. The smallest absolute Gasteiger partial charge is 0.186 e. The third kappa shape index (κ3) is 3.52. The van der Waals surface area contributed by atoms with Gasteiger partial charge in [0.1, 0.15) is 0 Å². The molecule has 0 bridgehead atoms. The molecule has 18 heavy (non-hydrogen) atoms. The van der Waals surface area contributed by atoms with Gasteiger partial charge in [0, 0.05) is 11.4 Å². The molecule has 0 atom stereocenters. The van der Waals surface area contributed by atoms with Gasteiger partial charge in [-0.3, -0.25) is 9.69 Å². The van der Waals surface area contributed by atoms with E-state index in [0.717, 1.165) is 11.4 Å². The molecular formula is C15H17NOS. The van der Waals surface area contributed by atoms with Gasteiger partial charge in [-0.1, -0.05) is 30.3 Å². The van der Waals surface area contributed by atoms with Crippen LogP contribution in [0.15, 0.2) is 42.5 Å². The first kappa shape index (κ1) is 13.0. The van der Waals surface area contributed by atoms with E-state index in [1.54, 1.807) is 11.3 Å². The Balaban J connectivity index is 1.92. The fourth-order valence-electron chi connectivity index (χ4n) is 1.86. The van der Waals surface area contributed by atoms with Gasteiger partial charge in [0.25, 0.3) is 0 Å². The van der Waals surface area contributed by atoms with Crippen LogP contribution in [-0.4, -0.2) is 24.3 Å². The van der Waals surface area contributed by atoms with E-state index in [-0.39, 0.29) is 5.78 Å². The lowest BCUT2D eigenvalue weighted by atomic mass is 10.2. The predicted octanol–water partition coefficient (Wildman–Crippen LogP) is 3.37. The molecule has 0 unspecified atom stereocenters. The monoisotopic (exact) mass is 259 g/mol. The lowest BCUT2D eigenvalue weighted by Crippen LogP contribution is -2.25. The summed E-state index contributed by atoms with van der Waals surface area (Å²) in [6.07, 6.45) is 0. The van der Waals surface area contributed by atoms with Crippen LogP contribution in [0.25, 0.3) is 0 Å². The molecule has 0 spiro atoms. The van der Waals surface area contributed by atoms with Crippen molar-refractivity contribution in [1.82, 2.24) is 4.90 Å².